The Hall–Kier alpha value is -0.0800. The first-order valence-electron chi connectivity index (χ1n) is 4.36. The normalized spacial score (nSPS) is 15.0. The molecule has 1 unspecified atom stereocenters. The van der Waals surface area contributed by atoms with Gasteiger partial charge in [-0.2, -0.15) is 0 Å². The third-order valence-electron chi connectivity index (χ3n) is 2.31. The first kappa shape index (κ1) is 10.9. The molecular weight excluding hydrogens is 138 g/mol. The minimum Gasteiger partial charge on any atom is -0.378 e. The SMILES string of the molecule is CCOC(C)C(C)(C)CCN. The molecule has 0 amide bonds. The van der Waals surface area contributed by atoms with Crippen molar-refractivity contribution in [3.63, 3.8) is 0 Å². The van der Waals surface area contributed by atoms with Crippen molar-refractivity contribution in [1.82, 2.24) is 0 Å². The molecule has 11 heavy (non-hydrogen) atoms. The van der Waals surface area contributed by atoms with Crippen molar-refractivity contribution in [3.8, 4) is 0 Å². The zero-order valence-electron chi connectivity index (χ0n) is 8.18. The summed E-state index contributed by atoms with van der Waals surface area (Å²) in [6, 6.07) is 0. The molecule has 0 aromatic rings. The molecule has 0 spiro atoms. The second-order valence-corrected chi connectivity index (χ2v) is 3.62. The third-order valence-corrected chi connectivity index (χ3v) is 2.31. The van der Waals surface area contributed by atoms with Crippen molar-refractivity contribution < 1.29 is 4.74 Å². The lowest BCUT2D eigenvalue weighted by Gasteiger charge is -2.30. The first-order chi connectivity index (χ1) is 5.04. The lowest BCUT2D eigenvalue weighted by Crippen LogP contribution is -2.31. The smallest absolute Gasteiger partial charge is 0.0598 e. The minimum atomic E-state index is 0.213. The Morgan fingerprint density at radius 3 is 2.36 bits per heavy atom. The molecule has 68 valence electrons. The molecule has 0 radical (unpaired) electrons. The van der Waals surface area contributed by atoms with Crippen molar-refractivity contribution in [1.29, 1.82) is 0 Å². The quantitative estimate of drug-likeness (QED) is 0.663. The van der Waals surface area contributed by atoms with E-state index < -0.39 is 0 Å². The Morgan fingerprint density at radius 1 is 1.45 bits per heavy atom. The zero-order chi connectivity index (χ0) is 8.91. The van der Waals surface area contributed by atoms with Gasteiger partial charge in [0.25, 0.3) is 0 Å². The van der Waals surface area contributed by atoms with Crippen LogP contribution in [-0.4, -0.2) is 19.3 Å². The fourth-order valence-corrected chi connectivity index (χ4v) is 1.05. The fourth-order valence-electron chi connectivity index (χ4n) is 1.05. The van der Waals surface area contributed by atoms with Gasteiger partial charge < -0.3 is 10.5 Å². The summed E-state index contributed by atoms with van der Waals surface area (Å²) in [7, 11) is 0. The number of rotatable bonds is 5. The van der Waals surface area contributed by atoms with Crippen LogP contribution in [0, 0.1) is 5.41 Å². The lowest BCUT2D eigenvalue weighted by molar-refractivity contribution is -0.00934. The summed E-state index contributed by atoms with van der Waals surface area (Å²) in [6.07, 6.45) is 1.32. The van der Waals surface area contributed by atoms with E-state index in [-0.39, 0.29) is 5.41 Å². The van der Waals surface area contributed by atoms with E-state index in [1.807, 2.05) is 6.92 Å². The highest BCUT2D eigenvalue weighted by atomic mass is 16.5. The van der Waals surface area contributed by atoms with Gasteiger partial charge in [0.15, 0.2) is 0 Å². The molecule has 2 N–H and O–H groups in total. The molecule has 0 heterocycles. The van der Waals surface area contributed by atoms with Gasteiger partial charge in [-0.05, 0) is 32.2 Å². The summed E-state index contributed by atoms with van der Waals surface area (Å²) in [5, 5.41) is 0. The first-order valence-corrected chi connectivity index (χ1v) is 4.36. The summed E-state index contributed by atoms with van der Waals surface area (Å²) >= 11 is 0. The van der Waals surface area contributed by atoms with Crippen LogP contribution in [0.3, 0.4) is 0 Å². The molecule has 0 aliphatic heterocycles. The molecule has 0 bridgehead atoms. The van der Waals surface area contributed by atoms with Crippen LogP contribution in [0.5, 0.6) is 0 Å². The summed E-state index contributed by atoms with van der Waals surface area (Å²) in [5.74, 6) is 0. The number of hydrogen-bond donors (Lipinski definition) is 1. The highest BCUT2D eigenvalue weighted by Crippen LogP contribution is 2.26. The van der Waals surface area contributed by atoms with E-state index in [9.17, 15) is 0 Å². The molecule has 0 aromatic carbocycles. The molecule has 0 aliphatic rings. The fraction of sp³-hybridized carbons (Fsp3) is 1.00. The molecule has 0 rings (SSSR count). The average molecular weight is 159 g/mol. The van der Waals surface area contributed by atoms with Crippen molar-refractivity contribution in [2.45, 2.75) is 40.2 Å². The van der Waals surface area contributed by atoms with Gasteiger partial charge in [-0.25, -0.2) is 0 Å². The molecule has 0 fully saturated rings. The summed E-state index contributed by atoms with van der Waals surface area (Å²) in [5.41, 5.74) is 5.71. The van der Waals surface area contributed by atoms with Crippen LogP contribution in [0.4, 0.5) is 0 Å². The molecular formula is C9H21NO. The molecule has 0 saturated carbocycles. The molecule has 1 atom stereocenters. The lowest BCUT2D eigenvalue weighted by atomic mass is 9.84. The van der Waals surface area contributed by atoms with E-state index in [2.05, 4.69) is 20.8 Å². The zero-order valence-corrected chi connectivity index (χ0v) is 8.18. The van der Waals surface area contributed by atoms with Crippen molar-refractivity contribution in [2.75, 3.05) is 13.2 Å². The number of hydrogen-bond acceptors (Lipinski definition) is 2. The van der Waals surface area contributed by atoms with Gasteiger partial charge in [-0.3, -0.25) is 0 Å². The van der Waals surface area contributed by atoms with Gasteiger partial charge in [-0.15, -0.1) is 0 Å². The van der Waals surface area contributed by atoms with Crippen LogP contribution in [0.25, 0.3) is 0 Å². The van der Waals surface area contributed by atoms with E-state index >= 15 is 0 Å². The summed E-state index contributed by atoms with van der Waals surface area (Å²) in [6.45, 7) is 10.0. The third kappa shape index (κ3) is 3.73. The summed E-state index contributed by atoms with van der Waals surface area (Å²) < 4.78 is 5.50. The standard InChI is InChI=1S/C9H21NO/c1-5-11-8(2)9(3,4)6-7-10/h8H,5-7,10H2,1-4H3. The monoisotopic (exact) mass is 159 g/mol. The van der Waals surface area contributed by atoms with Crippen LogP contribution in [0.15, 0.2) is 0 Å². The second kappa shape index (κ2) is 4.73. The Bertz CT molecular complexity index is 102. The van der Waals surface area contributed by atoms with Crippen molar-refractivity contribution >= 4 is 0 Å². The van der Waals surface area contributed by atoms with Gasteiger partial charge in [0.2, 0.25) is 0 Å². The minimum absolute atomic E-state index is 0.213. The maximum atomic E-state index is 5.50. The van der Waals surface area contributed by atoms with Crippen LogP contribution in [-0.2, 0) is 4.74 Å². The van der Waals surface area contributed by atoms with E-state index in [1.165, 1.54) is 0 Å². The van der Waals surface area contributed by atoms with Crippen molar-refractivity contribution in [3.05, 3.63) is 0 Å². The predicted molar refractivity (Wildman–Crippen MR) is 48.5 cm³/mol. The average Bonchev–Trinajstić information content (AvgIpc) is 1.88. The predicted octanol–water partition coefficient (Wildman–Crippen LogP) is 1.79. The van der Waals surface area contributed by atoms with Crippen LogP contribution >= 0.6 is 0 Å². The molecule has 0 aromatic heterocycles. The van der Waals surface area contributed by atoms with Crippen molar-refractivity contribution in [2.24, 2.45) is 11.1 Å². The van der Waals surface area contributed by atoms with Gasteiger partial charge in [0, 0.05) is 6.61 Å². The maximum Gasteiger partial charge on any atom is 0.0598 e. The number of nitrogens with two attached hydrogens (primary N) is 1. The van der Waals surface area contributed by atoms with Gasteiger partial charge >= 0.3 is 0 Å². The van der Waals surface area contributed by atoms with E-state index in [4.69, 9.17) is 10.5 Å². The van der Waals surface area contributed by atoms with Crippen LogP contribution in [0.2, 0.25) is 0 Å². The molecule has 0 saturated heterocycles. The van der Waals surface area contributed by atoms with Crippen LogP contribution in [0.1, 0.15) is 34.1 Å². The van der Waals surface area contributed by atoms with Gasteiger partial charge in [-0.1, -0.05) is 13.8 Å². The Balaban J connectivity index is 3.83. The Morgan fingerprint density at radius 2 is 2.00 bits per heavy atom. The highest BCUT2D eigenvalue weighted by Gasteiger charge is 2.24. The maximum absolute atomic E-state index is 5.50. The van der Waals surface area contributed by atoms with Gasteiger partial charge in [0.1, 0.15) is 0 Å². The Kier molecular flexibility index (Phi) is 4.69. The summed E-state index contributed by atoms with van der Waals surface area (Å²) in [4.78, 5) is 0. The topological polar surface area (TPSA) is 35.2 Å². The van der Waals surface area contributed by atoms with E-state index in [0.29, 0.717) is 6.10 Å². The number of ether oxygens (including phenoxy) is 1. The van der Waals surface area contributed by atoms with E-state index in [0.717, 1.165) is 19.6 Å². The molecule has 0 aliphatic carbocycles. The highest BCUT2D eigenvalue weighted by molar-refractivity contribution is 4.75. The van der Waals surface area contributed by atoms with E-state index in [1.54, 1.807) is 0 Å². The Labute approximate surface area is 70.1 Å². The second-order valence-electron chi connectivity index (χ2n) is 3.62. The largest absolute Gasteiger partial charge is 0.378 e. The molecule has 2 heteroatoms. The van der Waals surface area contributed by atoms with Gasteiger partial charge in [0.05, 0.1) is 6.10 Å². The molecule has 2 nitrogen and oxygen atoms in total. The van der Waals surface area contributed by atoms with Crippen LogP contribution < -0.4 is 5.73 Å².